The van der Waals surface area contributed by atoms with E-state index in [-0.39, 0.29) is 6.09 Å². The second-order valence-corrected chi connectivity index (χ2v) is 5.56. The summed E-state index contributed by atoms with van der Waals surface area (Å²) in [5.41, 5.74) is -0.394. The summed E-state index contributed by atoms with van der Waals surface area (Å²) in [5, 5.41) is 2.69. The minimum Gasteiger partial charge on any atom is -0.443 e. The first kappa shape index (κ1) is 15.0. The summed E-state index contributed by atoms with van der Waals surface area (Å²) < 4.78 is 5.52. The van der Waals surface area contributed by atoms with Crippen LogP contribution in [0.4, 0.5) is 4.79 Å². The Morgan fingerprint density at radius 1 is 1.33 bits per heavy atom. The van der Waals surface area contributed by atoms with Gasteiger partial charge in [-0.3, -0.25) is 0 Å². The first-order chi connectivity index (χ1) is 8.56. The van der Waals surface area contributed by atoms with Crippen molar-refractivity contribution in [3.8, 4) is 0 Å². The largest absolute Gasteiger partial charge is 0.443 e. The number of unbranched alkanes of at least 4 members (excludes halogenated alkanes) is 1. The number of nitrogens with one attached hydrogen (secondary N) is 1. The van der Waals surface area contributed by atoms with Crippen LogP contribution in [0.3, 0.4) is 0 Å². The smallest absolute Gasteiger partial charge is 0.407 e. The van der Waals surface area contributed by atoms with E-state index in [4.69, 9.17) is 4.74 Å². The number of hydrogen-bond donors (Lipinski definition) is 1. The summed E-state index contributed by atoms with van der Waals surface area (Å²) in [6, 6.07) is 0. The van der Waals surface area contributed by atoms with Gasteiger partial charge in [-0.2, -0.15) is 0 Å². The highest BCUT2D eigenvalue weighted by Crippen LogP contribution is 2.34. The predicted molar refractivity (Wildman–Crippen MR) is 70.4 cm³/mol. The Bertz CT molecular complexity index is 270. The molecule has 0 bridgehead atoms. The molecule has 0 aromatic heterocycles. The number of rotatable bonds is 6. The van der Waals surface area contributed by atoms with E-state index in [1.54, 1.807) is 0 Å². The quantitative estimate of drug-likeness (QED) is 0.586. The van der Waals surface area contributed by atoms with Crippen LogP contribution in [0.15, 0.2) is 0 Å². The zero-order valence-corrected chi connectivity index (χ0v) is 11.5. The van der Waals surface area contributed by atoms with Gasteiger partial charge in [-0.05, 0) is 39.0 Å². The monoisotopic (exact) mass is 255 g/mol. The van der Waals surface area contributed by atoms with E-state index in [0.29, 0.717) is 25.3 Å². The molecule has 0 atom stereocenters. The molecule has 0 heterocycles. The normalized spacial score (nSPS) is 17.2. The lowest BCUT2D eigenvalue weighted by Crippen LogP contribution is -2.41. The summed E-state index contributed by atoms with van der Waals surface area (Å²) in [6.45, 7) is 4.49. The average molecular weight is 255 g/mol. The number of carbonyl (C=O) groups excluding carboxylic acids is 2. The summed E-state index contributed by atoms with van der Waals surface area (Å²) >= 11 is 0. The third-order valence-electron chi connectivity index (χ3n) is 3.71. The van der Waals surface area contributed by atoms with Gasteiger partial charge >= 0.3 is 6.09 Å². The minimum atomic E-state index is -0.394. The van der Waals surface area contributed by atoms with Crippen molar-refractivity contribution in [2.45, 2.75) is 64.4 Å². The Hall–Kier alpha value is -1.06. The molecule has 0 saturated heterocycles. The maximum Gasteiger partial charge on any atom is 0.407 e. The Labute approximate surface area is 109 Å². The number of amides is 1. The zero-order chi connectivity index (χ0) is 13.4. The van der Waals surface area contributed by atoms with Crippen molar-refractivity contribution in [3.63, 3.8) is 0 Å². The number of carbonyl (C=O) groups is 2. The fourth-order valence-corrected chi connectivity index (χ4v) is 2.53. The van der Waals surface area contributed by atoms with Gasteiger partial charge in [0.25, 0.3) is 0 Å². The molecule has 0 aromatic rings. The molecule has 0 unspecified atom stereocenters. The molecule has 0 aliphatic heterocycles. The predicted octanol–water partition coefficient (Wildman–Crippen LogP) is 3.05. The molecular weight excluding hydrogens is 230 g/mol. The molecule has 0 radical (unpaired) electrons. The molecule has 104 valence electrons. The Morgan fingerprint density at radius 3 is 2.61 bits per heavy atom. The van der Waals surface area contributed by atoms with Crippen LogP contribution >= 0.6 is 0 Å². The fourth-order valence-electron chi connectivity index (χ4n) is 2.53. The van der Waals surface area contributed by atoms with Gasteiger partial charge in [0.1, 0.15) is 11.9 Å². The molecule has 1 saturated carbocycles. The summed E-state index contributed by atoms with van der Waals surface area (Å²) in [5.74, 6) is 0.465. The fraction of sp³-hybridized carbons (Fsp3) is 0.857. The standard InChI is InChI=1S/C14H25NO3/c1-14(2,12-8-4-3-5-9-12)18-13(17)15-10-6-7-11-16/h11-12H,3-10H2,1-2H3,(H,15,17). The topological polar surface area (TPSA) is 55.4 Å². The number of ether oxygens (including phenoxy) is 1. The van der Waals surface area contributed by atoms with Gasteiger partial charge in [0.05, 0.1) is 0 Å². The van der Waals surface area contributed by atoms with Crippen LogP contribution in [0.1, 0.15) is 58.8 Å². The molecule has 0 spiro atoms. The van der Waals surface area contributed by atoms with Gasteiger partial charge < -0.3 is 14.8 Å². The summed E-state index contributed by atoms with van der Waals surface area (Å²) in [6.07, 6.45) is 7.70. The van der Waals surface area contributed by atoms with Crippen LogP contribution in [-0.2, 0) is 9.53 Å². The first-order valence-corrected chi connectivity index (χ1v) is 6.97. The van der Waals surface area contributed by atoms with Crippen LogP contribution in [-0.4, -0.2) is 24.5 Å². The van der Waals surface area contributed by atoms with E-state index in [1.807, 2.05) is 13.8 Å². The van der Waals surface area contributed by atoms with Gasteiger partial charge in [0.15, 0.2) is 0 Å². The molecule has 1 N–H and O–H groups in total. The number of aldehydes is 1. The summed E-state index contributed by atoms with van der Waals surface area (Å²) in [4.78, 5) is 21.8. The van der Waals surface area contributed by atoms with E-state index in [9.17, 15) is 9.59 Å². The lowest BCUT2D eigenvalue weighted by Gasteiger charge is -2.36. The second kappa shape index (κ2) is 7.39. The summed E-state index contributed by atoms with van der Waals surface area (Å²) in [7, 11) is 0. The van der Waals surface area contributed by atoms with Crippen molar-refractivity contribution in [3.05, 3.63) is 0 Å². The first-order valence-electron chi connectivity index (χ1n) is 6.97. The van der Waals surface area contributed by atoms with Gasteiger partial charge in [0, 0.05) is 13.0 Å². The molecular formula is C14H25NO3. The number of hydrogen-bond acceptors (Lipinski definition) is 3. The van der Waals surface area contributed by atoms with Crippen LogP contribution in [0.25, 0.3) is 0 Å². The number of alkyl carbamates (subject to hydrolysis) is 1. The van der Waals surface area contributed by atoms with Crippen LogP contribution in [0, 0.1) is 5.92 Å². The molecule has 1 rings (SSSR count). The molecule has 1 aliphatic carbocycles. The molecule has 1 fully saturated rings. The molecule has 1 amide bonds. The average Bonchev–Trinajstić information content (AvgIpc) is 2.35. The van der Waals surface area contributed by atoms with Crippen LogP contribution in [0.5, 0.6) is 0 Å². The van der Waals surface area contributed by atoms with Gasteiger partial charge in [-0.1, -0.05) is 19.3 Å². The van der Waals surface area contributed by atoms with Crippen molar-refractivity contribution < 1.29 is 14.3 Å². The third-order valence-corrected chi connectivity index (χ3v) is 3.71. The maximum atomic E-state index is 11.6. The highest BCUT2D eigenvalue weighted by molar-refractivity contribution is 5.67. The minimum absolute atomic E-state index is 0.364. The van der Waals surface area contributed by atoms with Gasteiger partial charge in [0.2, 0.25) is 0 Å². The molecule has 4 nitrogen and oxygen atoms in total. The Kier molecular flexibility index (Phi) is 6.16. The van der Waals surface area contributed by atoms with Crippen LogP contribution in [0.2, 0.25) is 0 Å². The van der Waals surface area contributed by atoms with Crippen molar-refractivity contribution in [2.75, 3.05) is 6.54 Å². The van der Waals surface area contributed by atoms with E-state index in [2.05, 4.69) is 5.32 Å². The molecule has 1 aliphatic rings. The zero-order valence-electron chi connectivity index (χ0n) is 11.5. The van der Waals surface area contributed by atoms with Crippen molar-refractivity contribution in [1.29, 1.82) is 0 Å². The molecule has 4 heteroatoms. The van der Waals surface area contributed by atoms with Crippen molar-refractivity contribution in [2.24, 2.45) is 5.92 Å². The third kappa shape index (κ3) is 5.07. The van der Waals surface area contributed by atoms with Gasteiger partial charge in [-0.15, -0.1) is 0 Å². The van der Waals surface area contributed by atoms with Crippen molar-refractivity contribution in [1.82, 2.24) is 5.32 Å². The molecule has 18 heavy (non-hydrogen) atoms. The Balaban J connectivity index is 2.29. The lowest BCUT2D eigenvalue weighted by atomic mass is 9.79. The highest BCUT2D eigenvalue weighted by Gasteiger charge is 2.33. The van der Waals surface area contributed by atoms with Crippen molar-refractivity contribution >= 4 is 12.4 Å². The van der Waals surface area contributed by atoms with Gasteiger partial charge in [-0.25, -0.2) is 4.79 Å². The molecule has 0 aromatic carbocycles. The lowest BCUT2D eigenvalue weighted by molar-refractivity contribution is -0.107. The van der Waals surface area contributed by atoms with E-state index < -0.39 is 5.60 Å². The van der Waals surface area contributed by atoms with Crippen LogP contribution < -0.4 is 5.32 Å². The highest BCUT2D eigenvalue weighted by atomic mass is 16.6. The Morgan fingerprint density at radius 2 is 2.00 bits per heavy atom. The SMILES string of the molecule is CC(C)(OC(=O)NCCCC=O)C1CCCCC1. The van der Waals surface area contributed by atoms with E-state index in [1.165, 1.54) is 19.3 Å². The van der Waals surface area contributed by atoms with E-state index in [0.717, 1.165) is 19.1 Å². The second-order valence-electron chi connectivity index (χ2n) is 5.56. The maximum absolute atomic E-state index is 11.6. The van der Waals surface area contributed by atoms with E-state index >= 15 is 0 Å².